The van der Waals surface area contributed by atoms with Crippen LogP contribution < -0.4 is 0 Å². The zero-order valence-electron chi connectivity index (χ0n) is 18.9. The summed E-state index contributed by atoms with van der Waals surface area (Å²) in [6.45, 7) is 11.5. The number of ketones is 1. The number of carbonyl (C=O) groups excluding carboxylic acids is 4. The van der Waals surface area contributed by atoms with Crippen molar-refractivity contribution < 1.29 is 28.7 Å². The number of aryl methyl sites for hydroxylation is 1. The third-order valence-electron chi connectivity index (χ3n) is 5.49. The maximum absolute atomic E-state index is 12.8. The summed E-state index contributed by atoms with van der Waals surface area (Å²) in [5.74, 6) is -1.65. The number of Topliss-reactive ketones (excluding diaryl/α,β-unsaturated/α-hetero) is 1. The lowest BCUT2D eigenvalue weighted by Crippen LogP contribution is -2.45. The average Bonchev–Trinajstić information content (AvgIpc) is 2.99. The zero-order valence-corrected chi connectivity index (χ0v) is 18.9. The monoisotopic (exact) mass is 420 g/mol. The fraction of sp³-hybridized carbons (Fsp3) is 0.636. The van der Waals surface area contributed by atoms with Gasteiger partial charge in [-0.25, -0.2) is 4.79 Å². The highest BCUT2D eigenvalue weighted by atomic mass is 16.5. The van der Waals surface area contributed by atoms with Gasteiger partial charge < -0.3 is 19.4 Å². The standard InChI is InChI=1S/C22H32N2O6/c1-12-16(20(27)29-7)13(2)23-17(12)18(25)14(3)30-19(26)15-8-10-24(11-9-15)21(28)22(4,5)6/h14-15,23H,8-11H2,1-7H3/t14-/m1/s1. The molecule has 2 heterocycles. The lowest BCUT2D eigenvalue weighted by molar-refractivity contribution is -0.155. The van der Waals surface area contributed by atoms with Crippen LogP contribution in [-0.2, 0) is 19.1 Å². The van der Waals surface area contributed by atoms with Gasteiger partial charge in [0.25, 0.3) is 0 Å². The van der Waals surface area contributed by atoms with Crippen molar-refractivity contribution in [1.29, 1.82) is 0 Å². The Bertz CT molecular complexity index is 841. The molecular formula is C22H32N2O6. The number of methoxy groups -OCH3 is 1. The summed E-state index contributed by atoms with van der Waals surface area (Å²) >= 11 is 0. The smallest absolute Gasteiger partial charge is 0.339 e. The molecule has 0 spiro atoms. The van der Waals surface area contributed by atoms with Crippen LogP contribution >= 0.6 is 0 Å². The van der Waals surface area contributed by atoms with Gasteiger partial charge in [-0.3, -0.25) is 14.4 Å². The van der Waals surface area contributed by atoms with Crippen molar-refractivity contribution in [1.82, 2.24) is 9.88 Å². The van der Waals surface area contributed by atoms with E-state index < -0.39 is 29.2 Å². The van der Waals surface area contributed by atoms with Gasteiger partial charge in [0.1, 0.15) is 0 Å². The molecular weight excluding hydrogens is 388 g/mol. The molecule has 1 amide bonds. The average molecular weight is 421 g/mol. The first-order chi connectivity index (χ1) is 13.9. The third-order valence-corrected chi connectivity index (χ3v) is 5.49. The Morgan fingerprint density at radius 2 is 1.67 bits per heavy atom. The number of hydrogen-bond donors (Lipinski definition) is 1. The molecule has 1 N–H and O–H groups in total. The van der Waals surface area contributed by atoms with Crippen molar-refractivity contribution in [2.75, 3.05) is 20.2 Å². The summed E-state index contributed by atoms with van der Waals surface area (Å²) in [6, 6.07) is 0. The van der Waals surface area contributed by atoms with Crippen LogP contribution in [0.3, 0.4) is 0 Å². The number of nitrogens with zero attached hydrogens (tertiary/aromatic N) is 1. The summed E-state index contributed by atoms with van der Waals surface area (Å²) in [5.41, 5.74) is 1.09. The van der Waals surface area contributed by atoms with Crippen LogP contribution in [0.5, 0.6) is 0 Å². The third kappa shape index (κ3) is 4.91. The summed E-state index contributed by atoms with van der Waals surface area (Å²) in [6.07, 6.45) is 0.0256. The van der Waals surface area contributed by atoms with E-state index in [0.717, 1.165) is 0 Å². The van der Waals surface area contributed by atoms with Gasteiger partial charge in [-0.05, 0) is 39.2 Å². The lowest BCUT2D eigenvalue weighted by atomic mass is 9.91. The predicted molar refractivity (Wildman–Crippen MR) is 110 cm³/mol. The first kappa shape index (κ1) is 23.6. The van der Waals surface area contributed by atoms with E-state index in [-0.39, 0.29) is 17.5 Å². The number of esters is 2. The highest BCUT2D eigenvalue weighted by Gasteiger charge is 2.34. The predicted octanol–water partition coefficient (Wildman–Crippen LogP) is 2.82. The van der Waals surface area contributed by atoms with E-state index in [2.05, 4.69) is 4.98 Å². The normalized spacial score (nSPS) is 16.2. The zero-order chi connectivity index (χ0) is 22.8. The van der Waals surface area contributed by atoms with Crippen LogP contribution in [-0.4, -0.2) is 59.8 Å². The van der Waals surface area contributed by atoms with Gasteiger partial charge in [0.05, 0.1) is 24.3 Å². The number of piperidine rings is 1. The fourth-order valence-corrected chi connectivity index (χ4v) is 3.72. The number of carbonyl (C=O) groups is 4. The second-order valence-electron chi connectivity index (χ2n) is 8.88. The SMILES string of the molecule is COC(=O)c1c(C)[nH]c(C(=O)[C@@H](C)OC(=O)C2CCN(C(=O)C(C)(C)C)CC2)c1C. The van der Waals surface area contributed by atoms with Crippen LogP contribution in [0.2, 0.25) is 0 Å². The first-order valence-corrected chi connectivity index (χ1v) is 10.2. The molecule has 30 heavy (non-hydrogen) atoms. The van der Waals surface area contributed by atoms with E-state index in [1.165, 1.54) is 14.0 Å². The maximum Gasteiger partial charge on any atom is 0.339 e. The molecule has 0 radical (unpaired) electrons. The molecule has 2 rings (SSSR count). The molecule has 8 nitrogen and oxygen atoms in total. The number of hydrogen-bond acceptors (Lipinski definition) is 6. The molecule has 0 aromatic carbocycles. The first-order valence-electron chi connectivity index (χ1n) is 10.2. The van der Waals surface area contributed by atoms with Crippen LogP contribution in [0, 0.1) is 25.2 Å². The van der Waals surface area contributed by atoms with E-state index >= 15 is 0 Å². The van der Waals surface area contributed by atoms with Crippen molar-refractivity contribution in [3.63, 3.8) is 0 Å². The Labute approximate surface area is 177 Å². The summed E-state index contributed by atoms with van der Waals surface area (Å²) in [7, 11) is 1.28. The van der Waals surface area contributed by atoms with E-state index in [9.17, 15) is 19.2 Å². The van der Waals surface area contributed by atoms with Crippen LogP contribution in [0.15, 0.2) is 0 Å². The quantitative estimate of drug-likeness (QED) is 0.580. The van der Waals surface area contributed by atoms with Crippen LogP contribution in [0.25, 0.3) is 0 Å². The number of aromatic nitrogens is 1. The minimum atomic E-state index is -0.992. The summed E-state index contributed by atoms with van der Waals surface area (Å²) in [4.78, 5) is 54.3. The van der Waals surface area contributed by atoms with E-state index in [1.54, 1.807) is 18.7 Å². The topological polar surface area (TPSA) is 106 Å². The fourth-order valence-electron chi connectivity index (χ4n) is 3.72. The van der Waals surface area contributed by atoms with Crippen molar-refractivity contribution in [3.05, 3.63) is 22.5 Å². The van der Waals surface area contributed by atoms with Crippen molar-refractivity contribution in [3.8, 4) is 0 Å². The van der Waals surface area contributed by atoms with Gasteiger partial charge in [0.2, 0.25) is 11.7 Å². The number of likely N-dealkylation sites (tertiary alicyclic amines) is 1. The molecule has 1 fully saturated rings. The van der Waals surface area contributed by atoms with Gasteiger partial charge in [0.15, 0.2) is 6.10 Å². The number of nitrogens with one attached hydrogen (secondary N) is 1. The van der Waals surface area contributed by atoms with Crippen molar-refractivity contribution >= 4 is 23.6 Å². The largest absolute Gasteiger partial charge is 0.465 e. The molecule has 0 saturated carbocycles. The second kappa shape index (κ2) is 9.02. The molecule has 1 aliphatic rings. The molecule has 0 aliphatic carbocycles. The van der Waals surface area contributed by atoms with E-state index in [0.29, 0.717) is 42.8 Å². The Morgan fingerprint density at radius 3 is 2.17 bits per heavy atom. The van der Waals surface area contributed by atoms with Gasteiger partial charge in [-0.2, -0.15) is 0 Å². The van der Waals surface area contributed by atoms with Gasteiger partial charge >= 0.3 is 11.9 Å². The maximum atomic E-state index is 12.8. The number of aromatic amines is 1. The summed E-state index contributed by atoms with van der Waals surface area (Å²) < 4.78 is 10.2. The minimum absolute atomic E-state index is 0.0665. The highest BCUT2D eigenvalue weighted by Crippen LogP contribution is 2.25. The summed E-state index contributed by atoms with van der Waals surface area (Å²) in [5, 5.41) is 0. The van der Waals surface area contributed by atoms with Gasteiger partial charge in [-0.1, -0.05) is 20.8 Å². The molecule has 166 valence electrons. The Morgan fingerprint density at radius 1 is 1.10 bits per heavy atom. The highest BCUT2D eigenvalue weighted by molar-refractivity contribution is 6.04. The number of H-pyrrole nitrogens is 1. The van der Waals surface area contributed by atoms with E-state index in [4.69, 9.17) is 9.47 Å². The molecule has 1 aromatic heterocycles. The number of rotatable bonds is 5. The lowest BCUT2D eigenvalue weighted by Gasteiger charge is -2.35. The molecule has 1 aromatic rings. The molecule has 8 heteroatoms. The second-order valence-corrected chi connectivity index (χ2v) is 8.88. The van der Waals surface area contributed by atoms with Crippen molar-refractivity contribution in [2.24, 2.45) is 11.3 Å². The minimum Gasteiger partial charge on any atom is -0.465 e. The van der Waals surface area contributed by atoms with Gasteiger partial charge in [0, 0.05) is 24.2 Å². The van der Waals surface area contributed by atoms with Gasteiger partial charge in [-0.15, -0.1) is 0 Å². The Balaban J connectivity index is 1.99. The molecule has 1 saturated heterocycles. The van der Waals surface area contributed by atoms with E-state index in [1.807, 2.05) is 20.8 Å². The molecule has 1 atom stereocenters. The van der Waals surface area contributed by atoms with Crippen LogP contribution in [0.1, 0.15) is 72.6 Å². The Kier molecular flexibility index (Phi) is 7.10. The molecule has 0 unspecified atom stereocenters. The Hall–Kier alpha value is -2.64. The van der Waals surface area contributed by atoms with Crippen LogP contribution in [0.4, 0.5) is 0 Å². The number of amides is 1. The number of ether oxygens (including phenoxy) is 2. The van der Waals surface area contributed by atoms with Crippen molar-refractivity contribution in [2.45, 2.75) is 60.5 Å². The molecule has 1 aliphatic heterocycles. The molecule has 0 bridgehead atoms.